The van der Waals surface area contributed by atoms with Gasteiger partial charge in [-0.05, 0) is 121 Å². The van der Waals surface area contributed by atoms with Gasteiger partial charge in [0.05, 0.1) is 0 Å². The van der Waals surface area contributed by atoms with Gasteiger partial charge in [-0.1, -0.05) is 209 Å². The van der Waals surface area contributed by atoms with E-state index in [0.717, 1.165) is 51.6 Å². The fourth-order valence-electron chi connectivity index (χ4n) is 10.3. The number of anilines is 2. The highest BCUT2D eigenvalue weighted by Crippen LogP contribution is 2.52. The summed E-state index contributed by atoms with van der Waals surface area (Å²) >= 11 is 0. The van der Waals surface area contributed by atoms with Crippen LogP contribution in [-0.2, 0) is 5.41 Å². The maximum Gasteiger partial charge on any atom is 0.143 e. The summed E-state index contributed by atoms with van der Waals surface area (Å²) in [7, 11) is 0. The normalized spacial score (nSPS) is 15.0. The average Bonchev–Trinajstić information content (AvgIpc) is 3.86. The molecule has 0 saturated heterocycles. The molecular formula is C64H51NO. The molecule has 66 heavy (non-hydrogen) atoms. The van der Waals surface area contributed by atoms with E-state index in [4.69, 9.17) is 4.42 Å². The maximum absolute atomic E-state index is 6.51. The SMILES string of the molecule is C=C/C=C(\C=C)c1ccc(C2=CC(CN(c3ccc(-c4ccc(-c5ccccc5)cc4)cc3)c3ccc4c(c3)C(C)(C)c3cc(-c5cccc6c5oc5ccccc56)ccc3-4)CC=C2)cc1. The van der Waals surface area contributed by atoms with E-state index in [-0.39, 0.29) is 5.41 Å². The van der Waals surface area contributed by atoms with Crippen molar-refractivity contribution in [3.05, 3.63) is 254 Å². The van der Waals surface area contributed by atoms with E-state index >= 15 is 0 Å². The third-order valence-electron chi connectivity index (χ3n) is 13.8. The number of nitrogens with zero attached hydrogens (tertiary/aromatic N) is 1. The van der Waals surface area contributed by atoms with Crippen LogP contribution in [0.15, 0.2) is 236 Å². The molecule has 0 fully saturated rings. The van der Waals surface area contributed by atoms with E-state index in [0.29, 0.717) is 5.92 Å². The number of rotatable bonds is 11. The number of hydrogen-bond donors (Lipinski definition) is 0. The molecule has 2 aliphatic carbocycles. The van der Waals surface area contributed by atoms with Crippen LogP contribution in [0.5, 0.6) is 0 Å². The zero-order valence-electron chi connectivity index (χ0n) is 37.5. The Morgan fingerprint density at radius 2 is 1.20 bits per heavy atom. The summed E-state index contributed by atoms with van der Waals surface area (Å²) in [5, 5.41) is 2.30. The molecule has 0 aliphatic heterocycles. The molecule has 0 bridgehead atoms. The topological polar surface area (TPSA) is 16.4 Å². The zero-order chi connectivity index (χ0) is 44.8. The number of hydrogen-bond acceptors (Lipinski definition) is 2. The lowest BCUT2D eigenvalue weighted by Gasteiger charge is -2.31. The molecule has 1 atom stereocenters. The van der Waals surface area contributed by atoms with Crippen molar-refractivity contribution >= 4 is 44.5 Å². The summed E-state index contributed by atoms with van der Waals surface area (Å²) in [6.45, 7) is 13.5. The molecule has 8 aromatic carbocycles. The fourth-order valence-corrected chi connectivity index (χ4v) is 10.3. The lowest BCUT2D eigenvalue weighted by molar-refractivity contribution is 0.652. The zero-order valence-corrected chi connectivity index (χ0v) is 37.5. The van der Waals surface area contributed by atoms with E-state index in [1.165, 1.54) is 72.6 Å². The predicted molar refractivity (Wildman–Crippen MR) is 281 cm³/mol. The van der Waals surface area contributed by atoms with E-state index < -0.39 is 0 Å². The van der Waals surface area contributed by atoms with Crippen LogP contribution in [0.3, 0.4) is 0 Å². The number of furan rings is 1. The summed E-state index contributed by atoms with van der Waals surface area (Å²) < 4.78 is 6.51. The van der Waals surface area contributed by atoms with Gasteiger partial charge >= 0.3 is 0 Å². The Kier molecular flexibility index (Phi) is 10.4. The Morgan fingerprint density at radius 3 is 1.92 bits per heavy atom. The molecule has 0 amide bonds. The molecule has 2 aliphatic rings. The molecule has 9 aromatic rings. The highest BCUT2D eigenvalue weighted by molar-refractivity contribution is 6.09. The summed E-state index contributed by atoms with van der Waals surface area (Å²) in [6, 6.07) is 66.4. The first-order chi connectivity index (χ1) is 32.4. The van der Waals surface area contributed by atoms with Crippen molar-refractivity contribution in [1.82, 2.24) is 0 Å². The molecule has 11 rings (SSSR count). The van der Waals surface area contributed by atoms with Crippen molar-refractivity contribution in [3.8, 4) is 44.5 Å². The number of benzene rings is 8. The molecular weight excluding hydrogens is 799 g/mol. The van der Waals surface area contributed by atoms with Gasteiger partial charge in [-0.25, -0.2) is 0 Å². The Morgan fingerprint density at radius 1 is 0.591 bits per heavy atom. The second-order valence-corrected chi connectivity index (χ2v) is 18.2. The van der Waals surface area contributed by atoms with Crippen LogP contribution >= 0.6 is 0 Å². The fraction of sp³-hybridized carbons (Fsp3) is 0.0938. The first kappa shape index (κ1) is 40.8. The van der Waals surface area contributed by atoms with Gasteiger partial charge in [-0.3, -0.25) is 0 Å². The van der Waals surface area contributed by atoms with E-state index in [1.54, 1.807) is 0 Å². The average molecular weight is 850 g/mol. The molecule has 318 valence electrons. The van der Waals surface area contributed by atoms with Gasteiger partial charge in [0.2, 0.25) is 0 Å². The lowest BCUT2D eigenvalue weighted by Crippen LogP contribution is -2.25. The Labute approximate surface area is 388 Å². The molecule has 1 aromatic heterocycles. The van der Waals surface area contributed by atoms with Crippen molar-refractivity contribution in [2.45, 2.75) is 25.7 Å². The largest absolute Gasteiger partial charge is 0.455 e. The van der Waals surface area contributed by atoms with E-state index in [9.17, 15) is 0 Å². The summed E-state index contributed by atoms with van der Waals surface area (Å²) in [6.07, 6.45) is 13.8. The van der Waals surface area contributed by atoms with Crippen molar-refractivity contribution in [3.63, 3.8) is 0 Å². The summed E-state index contributed by atoms with van der Waals surface area (Å²) in [5.74, 6) is 0.293. The van der Waals surface area contributed by atoms with Crippen molar-refractivity contribution < 1.29 is 4.42 Å². The molecule has 2 heteroatoms. The molecule has 0 N–H and O–H groups in total. The highest BCUT2D eigenvalue weighted by Gasteiger charge is 2.36. The lowest BCUT2D eigenvalue weighted by atomic mass is 9.81. The quantitative estimate of drug-likeness (QED) is 0.121. The number of fused-ring (bicyclic) bond motifs is 6. The second kappa shape index (κ2) is 16.9. The van der Waals surface area contributed by atoms with Gasteiger partial charge in [0.15, 0.2) is 0 Å². The maximum atomic E-state index is 6.51. The van der Waals surface area contributed by atoms with Gasteiger partial charge in [0.1, 0.15) is 11.2 Å². The molecule has 0 saturated carbocycles. The summed E-state index contributed by atoms with van der Waals surface area (Å²) in [5.41, 5.74) is 21.1. The minimum atomic E-state index is -0.223. The van der Waals surface area contributed by atoms with Crippen molar-refractivity contribution in [1.29, 1.82) is 0 Å². The van der Waals surface area contributed by atoms with Gasteiger partial charge < -0.3 is 9.32 Å². The van der Waals surface area contributed by atoms with Crippen LogP contribution in [0.25, 0.3) is 77.6 Å². The Balaban J connectivity index is 0.940. The molecule has 0 spiro atoms. The predicted octanol–water partition coefficient (Wildman–Crippen LogP) is 17.4. The van der Waals surface area contributed by atoms with Crippen LogP contribution in [0.4, 0.5) is 11.4 Å². The van der Waals surface area contributed by atoms with Crippen LogP contribution in [0.1, 0.15) is 42.5 Å². The van der Waals surface area contributed by atoms with Gasteiger partial charge in [0, 0.05) is 39.7 Å². The summed E-state index contributed by atoms with van der Waals surface area (Å²) in [4.78, 5) is 2.53. The minimum absolute atomic E-state index is 0.223. The highest BCUT2D eigenvalue weighted by atomic mass is 16.3. The number of para-hydroxylation sites is 2. The monoisotopic (exact) mass is 849 g/mol. The van der Waals surface area contributed by atoms with Crippen LogP contribution < -0.4 is 4.90 Å². The van der Waals surface area contributed by atoms with Crippen LogP contribution in [-0.4, -0.2) is 6.54 Å². The van der Waals surface area contributed by atoms with Gasteiger partial charge in [-0.15, -0.1) is 0 Å². The van der Waals surface area contributed by atoms with Crippen molar-refractivity contribution in [2.75, 3.05) is 11.4 Å². The molecule has 1 heterocycles. The van der Waals surface area contributed by atoms with Crippen molar-refractivity contribution in [2.24, 2.45) is 5.92 Å². The molecule has 0 radical (unpaired) electrons. The third-order valence-corrected chi connectivity index (χ3v) is 13.8. The van der Waals surface area contributed by atoms with E-state index in [2.05, 4.69) is 226 Å². The Bertz CT molecular complexity index is 3390. The standard InChI is InChI=1S/C64H51NO/c1-5-14-44(6-2)46-23-29-50(30-24-46)51-18-12-15-43(39-51)42-65(53-34-31-49(32-35-53)48-27-25-47(26-28-48)45-16-8-7-9-17-45)54-36-38-57-56-37-33-52(40-60(56)64(3,4)61(57)41-54)55-20-13-21-59-58-19-10-11-22-62(58)66-63(55)59/h5-14,16-41,43H,1-2,15,42H2,3-4H3/b44-14+. The molecule has 1 unspecified atom stereocenters. The Hall–Kier alpha value is -7.94. The van der Waals surface area contributed by atoms with E-state index in [1.807, 2.05) is 24.3 Å². The minimum Gasteiger partial charge on any atom is -0.455 e. The first-order valence-electron chi connectivity index (χ1n) is 23.0. The van der Waals surface area contributed by atoms with Crippen LogP contribution in [0.2, 0.25) is 0 Å². The van der Waals surface area contributed by atoms with Crippen LogP contribution in [0, 0.1) is 5.92 Å². The molecule has 2 nitrogen and oxygen atoms in total. The number of allylic oxidation sites excluding steroid dienone is 7. The first-order valence-corrected chi connectivity index (χ1v) is 23.0. The smallest absolute Gasteiger partial charge is 0.143 e. The second-order valence-electron chi connectivity index (χ2n) is 18.2. The third kappa shape index (κ3) is 7.35. The van der Waals surface area contributed by atoms with Gasteiger partial charge in [-0.2, -0.15) is 0 Å². The van der Waals surface area contributed by atoms with Gasteiger partial charge in [0.25, 0.3) is 0 Å².